The van der Waals surface area contributed by atoms with E-state index in [1.165, 1.54) is 15.0 Å². The predicted molar refractivity (Wildman–Crippen MR) is 102 cm³/mol. The quantitative estimate of drug-likeness (QED) is 0.650. The van der Waals surface area contributed by atoms with Crippen LogP contribution < -0.4 is 9.64 Å². The molecule has 1 heterocycles. The molecule has 1 atom stereocenters. The first-order chi connectivity index (χ1) is 12.7. The molecule has 0 bridgehead atoms. The highest BCUT2D eigenvalue weighted by Gasteiger charge is 2.27. The first-order valence-corrected chi connectivity index (χ1v) is 9.12. The maximum Gasteiger partial charge on any atom is 0.121 e. The highest BCUT2D eigenvalue weighted by Crippen LogP contribution is 2.49. The van der Waals surface area contributed by atoms with Crippen LogP contribution in [0.5, 0.6) is 5.75 Å². The van der Waals surface area contributed by atoms with Gasteiger partial charge in [-0.2, -0.15) is 0 Å². The van der Waals surface area contributed by atoms with Crippen LogP contribution in [0.25, 0.3) is 0 Å². The SMILES string of the molecule is COc1ccc2c(c1)N(C[C@H](CN(OC)OC)OC)c1ccccc1S2. The second kappa shape index (κ2) is 8.75. The van der Waals surface area contributed by atoms with Crippen molar-refractivity contribution in [2.75, 3.05) is 46.4 Å². The van der Waals surface area contributed by atoms with E-state index in [4.69, 9.17) is 19.1 Å². The molecule has 0 aliphatic carbocycles. The lowest BCUT2D eigenvalue weighted by atomic mass is 10.2. The molecule has 0 N–H and O–H groups in total. The van der Waals surface area contributed by atoms with Crippen molar-refractivity contribution >= 4 is 23.1 Å². The molecule has 3 rings (SSSR count). The minimum Gasteiger partial charge on any atom is -0.497 e. The molecular formula is C19H24N2O4S. The number of benzene rings is 2. The summed E-state index contributed by atoms with van der Waals surface area (Å²) in [5.41, 5.74) is 2.26. The van der Waals surface area contributed by atoms with E-state index in [9.17, 15) is 0 Å². The van der Waals surface area contributed by atoms with E-state index in [-0.39, 0.29) is 6.10 Å². The summed E-state index contributed by atoms with van der Waals surface area (Å²) in [5.74, 6) is 0.832. The number of methoxy groups -OCH3 is 2. The van der Waals surface area contributed by atoms with E-state index in [2.05, 4.69) is 41.3 Å². The van der Waals surface area contributed by atoms with Gasteiger partial charge >= 0.3 is 0 Å². The van der Waals surface area contributed by atoms with Gasteiger partial charge in [-0.3, -0.25) is 9.68 Å². The minimum absolute atomic E-state index is 0.120. The smallest absolute Gasteiger partial charge is 0.121 e. The highest BCUT2D eigenvalue weighted by molar-refractivity contribution is 7.99. The van der Waals surface area contributed by atoms with Gasteiger partial charge in [-0.05, 0) is 24.3 Å². The molecule has 1 aliphatic rings. The number of rotatable bonds is 8. The summed E-state index contributed by atoms with van der Waals surface area (Å²) in [6, 6.07) is 14.5. The van der Waals surface area contributed by atoms with Gasteiger partial charge < -0.3 is 14.4 Å². The molecule has 2 aromatic rings. The number of hydrogen-bond acceptors (Lipinski definition) is 7. The van der Waals surface area contributed by atoms with Crippen LogP contribution in [0.1, 0.15) is 0 Å². The third-order valence-corrected chi connectivity index (χ3v) is 5.44. The predicted octanol–water partition coefficient (Wildman–Crippen LogP) is 3.74. The average Bonchev–Trinajstić information content (AvgIpc) is 2.70. The van der Waals surface area contributed by atoms with E-state index in [0.717, 1.165) is 17.1 Å². The summed E-state index contributed by atoms with van der Waals surface area (Å²) in [6.07, 6.45) is -0.120. The van der Waals surface area contributed by atoms with Crippen LogP contribution in [0.4, 0.5) is 11.4 Å². The second-order valence-corrected chi connectivity index (χ2v) is 6.84. The van der Waals surface area contributed by atoms with Crippen molar-refractivity contribution in [3.05, 3.63) is 42.5 Å². The molecule has 7 heteroatoms. The van der Waals surface area contributed by atoms with Gasteiger partial charge in [0.1, 0.15) is 5.75 Å². The Labute approximate surface area is 158 Å². The zero-order valence-corrected chi connectivity index (χ0v) is 16.3. The molecule has 6 nitrogen and oxygen atoms in total. The number of ether oxygens (including phenoxy) is 2. The van der Waals surface area contributed by atoms with Gasteiger partial charge in [0, 0.05) is 23.0 Å². The monoisotopic (exact) mass is 376 g/mol. The number of hydroxylamine groups is 2. The van der Waals surface area contributed by atoms with Gasteiger partial charge in [0.25, 0.3) is 0 Å². The van der Waals surface area contributed by atoms with E-state index < -0.39 is 0 Å². The molecule has 0 unspecified atom stereocenters. The lowest BCUT2D eigenvalue weighted by molar-refractivity contribution is -0.349. The second-order valence-electron chi connectivity index (χ2n) is 5.75. The summed E-state index contributed by atoms with van der Waals surface area (Å²) < 4.78 is 11.1. The third-order valence-electron chi connectivity index (χ3n) is 4.31. The lowest BCUT2D eigenvalue weighted by Gasteiger charge is -2.35. The molecule has 0 saturated heterocycles. The van der Waals surface area contributed by atoms with Crippen molar-refractivity contribution in [2.24, 2.45) is 0 Å². The maximum absolute atomic E-state index is 5.69. The largest absolute Gasteiger partial charge is 0.497 e. The van der Waals surface area contributed by atoms with Crippen LogP contribution in [0.15, 0.2) is 52.3 Å². The Kier molecular flexibility index (Phi) is 6.39. The Hall–Kier alpha value is -1.77. The van der Waals surface area contributed by atoms with Crippen LogP contribution in [0.2, 0.25) is 0 Å². The van der Waals surface area contributed by atoms with Gasteiger partial charge in [0.05, 0.1) is 51.9 Å². The number of para-hydroxylation sites is 1. The van der Waals surface area contributed by atoms with Crippen molar-refractivity contribution < 1.29 is 19.1 Å². The van der Waals surface area contributed by atoms with E-state index in [1.54, 1.807) is 40.2 Å². The molecule has 2 aromatic carbocycles. The molecular weight excluding hydrogens is 352 g/mol. The first kappa shape index (κ1) is 19.0. The fourth-order valence-electron chi connectivity index (χ4n) is 2.93. The van der Waals surface area contributed by atoms with Crippen molar-refractivity contribution in [2.45, 2.75) is 15.9 Å². The van der Waals surface area contributed by atoms with Crippen LogP contribution in [-0.2, 0) is 14.4 Å². The Morgan fingerprint density at radius 3 is 2.38 bits per heavy atom. The Morgan fingerprint density at radius 2 is 1.69 bits per heavy atom. The number of nitrogens with zero attached hydrogens (tertiary/aromatic N) is 2. The molecule has 0 amide bonds. The van der Waals surface area contributed by atoms with Gasteiger partial charge in [0.2, 0.25) is 0 Å². The van der Waals surface area contributed by atoms with Crippen LogP contribution >= 0.6 is 11.8 Å². The van der Waals surface area contributed by atoms with Crippen molar-refractivity contribution in [3.8, 4) is 5.75 Å². The summed E-state index contributed by atoms with van der Waals surface area (Å²) in [6.45, 7) is 1.13. The first-order valence-electron chi connectivity index (χ1n) is 8.31. The van der Waals surface area contributed by atoms with E-state index >= 15 is 0 Å². The van der Waals surface area contributed by atoms with E-state index in [1.807, 2.05) is 6.07 Å². The van der Waals surface area contributed by atoms with Crippen molar-refractivity contribution in [1.29, 1.82) is 0 Å². The van der Waals surface area contributed by atoms with Gasteiger partial charge in [0.15, 0.2) is 0 Å². The number of fused-ring (bicyclic) bond motifs is 2. The van der Waals surface area contributed by atoms with Gasteiger partial charge in [-0.15, -0.1) is 0 Å². The summed E-state index contributed by atoms with van der Waals surface area (Å²) in [7, 11) is 6.53. The third kappa shape index (κ3) is 3.97. The van der Waals surface area contributed by atoms with Crippen LogP contribution in [0, 0.1) is 0 Å². The van der Waals surface area contributed by atoms with Gasteiger partial charge in [-0.25, -0.2) is 0 Å². The normalized spacial score (nSPS) is 14.1. The Balaban J connectivity index is 1.94. The molecule has 26 heavy (non-hydrogen) atoms. The molecule has 0 spiro atoms. The summed E-state index contributed by atoms with van der Waals surface area (Å²) in [5, 5.41) is 1.41. The van der Waals surface area contributed by atoms with Crippen molar-refractivity contribution in [1.82, 2.24) is 5.23 Å². The van der Waals surface area contributed by atoms with Crippen LogP contribution in [0.3, 0.4) is 0 Å². The van der Waals surface area contributed by atoms with Crippen LogP contribution in [-0.4, -0.2) is 52.9 Å². The lowest BCUT2D eigenvalue weighted by Crippen LogP contribution is -2.40. The minimum atomic E-state index is -0.120. The Morgan fingerprint density at radius 1 is 0.962 bits per heavy atom. The molecule has 140 valence electrons. The zero-order chi connectivity index (χ0) is 18.5. The maximum atomic E-state index is 5.69. The summed E-state index contributed by atoms with van der Waals surface area (Å²) in [4.78, 5) is 15.0. The topological polar surface area (TPSA) is 43.4 Å². The fraction of sp³-hybridized carbons (Fsp3) is 0.368. The summed E-state index contributed by atoms with van der Waals surface area (Å²) >= 11 is 1.77. The van der Waals surface area contributed by atoms with Gasteiger partial charge in [-0.1, -0.05) is 29.1 Å². The fourth-order valence-corrected chi connectivity index (χ4v) is 4.01. The molecule has 1 aliphatic heterocycles. The molecule has 0 fully saturated rings. The van der Waals surface area contributed by atoms with Crippen molar-refractivity contribution in [3.63, 3.8) is 0 Å². The number of hydrogen-bond donors (Lipinski definition) is 0. The average molecular weight is 376 g/mol. The number of anilines is 2. The van der Waals surface area contributed by atoms with E-state index in [0.29, 0.717) is 13.1 Å². The molecule has 0 saturated carbocycles. The zero-order valence-electron chi connectivity index (χ0n) is 15.5. The molecule has 0 radical (unpaired) electrons. The standard InChI is InChI=1S/C19H24N2O4S/c1-22-14-9-10-19-17(11-14)20(16-7-5-6-8-18(16)26-19)12-15(23-2)13-21(24-3)25-4/h5-11,15H,12-13H2,1-4H3/t15-/m1/s1. The molecule has 0 aromatic heterocycles. The Bertz CT molecular complexity index is 739. The highest BCUT2D eigenvalue weighted by atomic mass is 32.2.